The van der Waals surface area contributed by atoms with E-state index in [9.17, 15) is 4.79 Å². The van der Waals surface area contributed by atoms with Crippen LogP contribution in [0.3, 0.4) is 0 Å². The summed E-state index contributed by atoms with van der Waals surface area (Å²) in [6.07, 6.45) is -0.0274. The first kappa shape index (κ1) is 13.4. The molecule has 2 aromatic rings. The normalized spacial score (nSPS) is 17.0. The molecule has 8 heteroatoms. The molecule has 0 saturated carbocycles. The Morgan fingerprint density at radius 3 is 3.00 bits per heavy atom. The summed E-state index contributed by atoms with van der Waals surface area (Å²) in [4.78, 5) is 10.9. The molecule has 6 nitrogen and oxygen atoms in total. The molecule has 1 atom stereocenters. The highest BCUT2D eigenvalue weighted by atomic mass is 79.9. The highest BCUT2D eigenvalue weighted by molar-refractivity contribution is 9.10. The van der Waals surface area contributed by atoms with Crippen molar-refractivity contribution >= 4 is 33.6 Å². The second kappa shape index (κ2) is 5.06. The predicted octanol–water partition coefficient (Wildman–Crippen LogP) is 2.42. The van der Waals surface area contributed by atoms with Crippen LogP contribution in [0.4, 0.5) is 4.79 Å². The summed E-state index contributed by atoms with van der Waals surface area (Å²) < 4.78 is 2.46. The monoisotopic (exact) mass is 356 g/mol. The highest BCUT2D eigenvalue weighted by Gasteiger charge is 2.25. The van der Waals surface area contributed by atoms with E-state index in [1.54, 1.807) is 6.07 Å². The van der Waals surface area contributed by atoms with E-state index in [-0.39, 0.29) is 6.04 Å². The van der Waals surface area contributed by atoms with Gasteiger partial charge in [-0.05, 0) is 46.1 Å². The molecular weight excluding hydrogens is 348 g/mol. The maximum Gasteiger partial charge on any atom is 0.404 e. The lowest BCUT2D eigenvalue weighted by Gasteiger charge is -2.13. The van der Waals surface area contributed by atoms with Crippen LogP contribution in [0.15, 0.2) is 22.9 Å². The standard InChI is InChI=1S/C12H10BrClN4O2/c13-11-17-16-10-5-8(15-12(19)20)4-6-3-7(14)1-2-9(6)18(10)11/h1-3,8,15H,4-5H2,(H,19,20). The molecule has 1 aromatic heterocycles. The average Bonchev–Trinajstić information content (AvgIpc) is 2.64. The molecule has 104 valence electrons. The van der Waals surface area contributed by atoms with Crippen LogP contribution in [0.2, 0.25) is 5.02 Å². The van der Waals surface area contributed by atoms with Crippen LogP contribution in [0.25, 0.3) is 5.69 Å². The maximum absolute atomic E-state index is 10.9. The van der Waals surface area contributed by atoms with Gasteiger partial charge in [-0.25, -0.2) is 4.79 Å². The van der Waals surface area contributed by atoms with Crippen LogP contribution in [0.5, 0.6) is 0 Å². The fraction of sp³-hybridized carbons (Fsp3) is 0.250. The molecule has 0 radical (unpaired) electrons. The van der Waals surface area contributed by atoms with Gasteiger partial charge in [0.2, 0.25) is 4.73 Å². The van der Waals surface area contributed by atoms with Crippen LogP contribution in [-0.4, -0.2) is 32.0 Å². The first-order valence-electron chi connectivity index (χ1n) is 5.92. The van der Waals surface area contributed by atoms with Crippen LogP contribution in [0, 0.1) is 0 Å². The smallest absolute Gasteiger partial charge is 0.404 e. The molecule has 1 unspecified atom stereocenters. The fourth-order valence-corrected chi connectivity index (χ4v) is 3.11. The fourth-order valence-electron chi connectivity index (χ4n) is 2.44. The lowest BCUT2D eigenvalue weighted by Crippen LogP contribution is -2.36. The average molecular weight is 358 g/mol. The van der Waals surface area contributed by atoms with E-state index in [1.807, 2.05) is 16.7 Å². The number of benzene rings is 1. The molecule has 2 N–H and O–H groups in total. The molecule has 2 heterocycles. The molecule has 0 bridgehead atoms. The minimum atomic E-state index is -1.05. The molecule has 0 spiro atoms. The third kappa shape index (κ3) is 2.38. The summed E-state index contributed by atoms with van der Waals surface area (Å²) in [5.74, 6) is 0.705. The van der Waals surface area contributed by atoms with Crippen LogP contribution >= 0.6 is 27.5 Å². The Morgan fingerprint density at radius 2 is 2.25 bits per heavy atom. The predicted molar refractivity (Wildman–Crippen MR) is 76.4 cm³/mol. The number of fused-ring (bicyclic) bond motifs is 3. The quantitative estimate of drug-likeness (QED) is 0.821. The van der Waals surface area contributed by atoms with Crippen molar-refractivity contribution in [3.8, 4) is 5.69 Å². The molecule has 0 saturated heterocycles. The van der Waals surface area contributed by atoms with Crippen LogP contribution in [-0.2, 0) is 12.8 Å². The van der Waals surface area contributed by atoms with Crippen molar-refractivity contribution in [1.29, 1.82) is 0 Å². The second-order valence-electron chi connectivity index (χ2n) is 4.55. The summed E-state index contributed by atoms with van der Waals surface area (Å²) in [7, 11) is 0. The zero-order chi connectivity index (χ0) is 14.3. The molecule has 20 heavy (non-hydrogen) atoms. The third-order valence-corrected chi connectivity index (χ3v) is 3.94. The van der Waals surface area contributed by atoms with Gasteiger partial charge < -0.3 is 10.4 Å². The van der Waals surface area contributed by atoms with E-state index in [4.69, 9.17) is 16.7 Å². The molecule has 1 aliphatic rings. The lowest BCUT2D eigenvalue weighted by atomic mass is 10.0. The van der Waals surface area contributed by atoms with E-state index in [0.29, 0.717) is 28.4 Å². The zero-order valence-corrected chi connectivity index (χ0v) is 12.5. The minimum absolute atomic E-state index is 0.262. The Labute approximate surface area is 127 Å². The van der Waals surface area contributed by atoms with Gasteiger partial charge in [0.15, 0.2) is 0 Å². The SMILES string of the molecule is O=C(O)NC1Cc2cc(Cl)ccc2-n2c(Br)nnc2C1. The number of hydrogen-bond donors (Lipinski definition) is 2. The highest BCUT2D eigenvalue weighted by Crippen LogP contribution is 2.28. The zero-order valence-electron chi connectivity index (χ0n) is 10.2. The maximum atomic E-state index is 10.9. The molecule has 1 aromatic carbocycles. The van der Waals surface area contributed by atoms with Gasteiger partial charge in [0.1, 0.15) is 5.82 Å². The van der Waals surface area contributed by atoms with Crippen molar-refractivity contribution in [2.45, 2.75) is 18.9 Å². The first-order chi connectivity index (χ1) is 9.54. The molecule has 0 aliphatic carbocycles. The van der Waals surface area contributed by atoms with E-state index >= 15 is 0 Å². The number of amides is 1. The Kier molecular flexibility index (Phi) is 3.39. The number of nitrogens with one attached hydrogen (secondary N) is 1. The van der Waals surface area contributed by atoms with Gasteiger partial charge in [-0.2, -0.15) is 0 Å². The minimum Gasteiger partial charge on any atom is -0.465 e. The summed E-state index contributed by atoms with van der Waals surface area (Å²) in [6.45, 7) is 0. The van der Waals surface area contributed by atoms with Crippen molar-refractivity contribution in [2.24, 2.45) is 0 Å². The van der Waals surface area contributed by atoms with E-state index in [0.717, 1.165) is 11.3 Å². The number of carboxylic acid groups (broad SMARTS) is 1. The van der Waals surface area contributed by atoms with Crippen LogP contribution < -0.4 is 5.32 Å². The van der Waals surface area contributed by atoms with Gasteiger partial charge in [-0.1, -0.05) is 11.6 Å². The summed E-state index contributed by atoms with van der Waals surface area (Å²) in [5, 5.41) is 20.1. The van der Waals surface area contributed by atoms with Crippen molar-refractivity contribution < 1.29 is 9.90 Å². The third-order valence-electron chi connectivity index (χ3n) is 3.20. The van der Waals surface area contributed by atoms with Crippen molar-refractivity contribution in [1.82, 2.24) is 20.1 Å². The molecule has 1 amide bonds. The number of hydrogen-bond acceptors (Lipinski definition) is 3. The second-order valence-corrected chi connectivity index (χ2v) is 5.69. The van der Waals surface area contributed by atoms with Gasteiger partial charge in [0, 0.05) is 17.5 Å². The number of carbonyl (C=O) groups is 1. The van der Waals surface area contributed by atoms with Crippen molar-refractivity contribution in [3.05, 3.63) is 39.3 Å². The van der Waals surface area contributed by atoms with Gasteiger partial charge in [0.05, 0.1) is 5.69 Å². The molecule has 1 aliphatic heterocycles. The van der Waals surface area contributed by atoms with E-state index in [1.165, 1.54) is 0 Å². The van der Waals surface area contributed by atoms with Crippen LogP contribution in [0.1, 0.15) is 11.4 Å². The van der Waals surface area contributed by atoms with Crippen molar-refractivity contribution in [2.75, 3.05) is 0 Å². The van der Waals surface area contributed by atoms with E-state index in [2.05, 4.69) is 31.4 Å². The topological polar surface area (TPSA) is 80.0 Å². The number of halogens is 2. The number of nitrogens with zero attached hydrogens (tertiary/aromatic N) is 3. The largest absolute Gasteiger partial charge is 0.465 e. The summed E-state index contributed by atoms with van der Waals surface area (Å²) in [5.41, 5.74) is 1.87. The lowest BCUT2D eigenvalue weighted by molar-refractivity contribution is 0.189. The van der Waals surface area contributed by atoms with Gasteiger partial charge in [0.25, 0.3) is 0 Å². The number of aromatic nitrogens is 3. The van der Waals surface area contributed by atoms with Gasteiger partial charge in [-0.3, -0.25) is 4.57 Å². The Morgan fingerprint density at radius 1 is 1.45 bits per heavy atom. The molecule has 3 rings (SSSR count). The van der Waals surface area contributed by atoms with Gasteiger partial charge in [-0.15, -0.1) is 10.2 Å². The molecule has 0 fully saturated rings. The Bertz CT molecular complexity index is 688. The Balaban J connectivity index is 2.13. The molecular formula is C12H10BrClN4O2. The summed E-state index contributed by atoms with van der Waals surface area (Å²) in [6, 6.07) is 5.26. The summed E-state index contributed by atoms with van der Waals surface area (Å²) >= 11 is 9.40. The number of rotatable bonds is 1. The van der Waals surface area contributed by atoms with E-state index < -0.39 is 6.09 Å². The van der Waals surface area contributed by atoms with Gasteiger partial charge >= 0.3 is 6.09 Å². The Hall–Kier alpha value is -1.60. The van der Waals surface area contributed by atoms with Crippen molar-refractivity contribution in [3.63, 3.8) is 0 Å². The first-order valence-corrected chi connectivity index (χ1v) is 7.10.